The van der Waals surface area contributed by atoms with Crippen molar-refractivity contribution in [2.45, 2.75) is 38.6 Å². The molecular weight excluding hydrogens is 382 g/mol. The Morgan fingerprint density at radius 1 is 1.24 bits per heavy atom. The molecule has 3 amide bonds. The minimum absolute atomic E-state index is 0.117. The van der Waals surface area contributed by atoms with Gasteiger partial charge in [-0.15, -0.1) is 0 Å². The molecule has 2 heterocycles. The number of ether oxygens (including phenoxy) is 1. The van der Waals surface area contributed by atoms with Gasteiger partial charge >= 0.3 is 5.97 Å². The molecule has 1 aromatic rings. The molecule has 1 aromatic carbocycles. The van der Waals surface area contributed by atoms with Gasteiger partial charge in [-0.05, 0) is 31.7 Å². The minimum atomic E-state index is -0.930. The first-order chi connectivity index (χ1) is 13.8. The van der Waals surface area contributed by atoms with Gasteiger partial charge in [0, 0.05) is 18.7 Å². The van der Waals surface area contributed by atoms with E-state index in [1.54, 1.807) is 4.90 Å². The highest BCUT2D eigenvalue weighted by molar-refractivity contribution is 6.24. The predicted octanol–water partition coefficient (Wildman–Crippen LogP) is 1.53. The largest absolute Gasteiger partial charge is 0.454 e. The highest BCUT2D eigenvalue weighted by Gasteiger charge is 2.42. The molecule has 29 heavy (non-hydrogen) atoms. The maximum absolute atomic E-state index is 12.5. The van der Waals surface area contributed by atoms with Gasteiger partial charge in [0.25, 0.3) is 23.4 Å². The lowest BCUT2D eigenvalue weighted by molar-refractivity contribution is -0.385. The van der Waals surface area contributed by atoms with Crippen LogP contribution < -0.4 is 0 Å². The van der Waals surface area contributed by atoms with Crippen molar-refractivity contribution in [3.05, 3.63) is 39.4 Å². The van der Waals surface area contributed by atoms with Crippen molar-refractivity contribution >= 4 is 29.4 Å². The molecule has 1 atom stereocenters. The minimum Gasteiger partial charge on any atom is -0.454 e. The quantitative estimate of drug-likeness (QED) is 0.305. The molecule has 2 aliphatic rings. The van der Waals surface area contributed by atoms with E-state index in [0.29, 0.717) is 11.4 Å². The number of hydrogen-bond donors (Lipinski definition) is 0. The Kier molecular flexibility index (Phi) is 5.90. The van der Waals surface area contributed by atoms with Gasteiger partial charge in [0.15, 0.2) is 6.61 Å². The van der Waals surface area contributed by atoms with Crippen LogP contribution in [0.1, 0.15) is 53.3 Å². The summed E-state index contributed by atoms with van der Waals surface area (Å²) in [6.07, 6.45) is 3.66. The highest BCUT2D eigenvalue weighted by Crippen LogP contribution is 2.30. The molecule has 3 rings (SSSR count). The molecule has 0 N–H and O–H groups in total. The number of piperidine rings is 1. The van der Waals surface area contributed by atoms with Crippen molar-refractivity contribution in [1.29, 1.82) is 0 Å². The number of esters is 1. The number of hydrogen-bond acceptors (Lipinski definition) is 7. The smallest absolute Gasteiger partial charge is 0.326 e. The summed E-state index contributed by atoms with van der Waals surface area (Å²) in [5.74, 6) is -2.98. The third kappa shape index (κ3) is 3.96. The summed E-state index contributed by atoms with van der Waals surface area (Å²) in [5, 5.41) is 11.1. The second-order valence-electron chi connectivity index (χ2n) is 6.96. The van der Waals surface area contributed by atoms with Crippen LogP contribution in [-0.4, -0.2) is 64.2 Å². The average molecular weight is 403 g/mol. The molecule has 1 fully saturated rings. The van der Waals surface area contributed by atoms with Gasteiger partial charge in [0.1, 0.15) is 12.1 Å². The molecule has 154 valence electrons. The van der Waals surface area contributed by atoms with Crippen LogP contribution in [0.2, 0.25) is 0 Å². The van der Waals surface area contributed by atoms with Gasteiger partial charge in [-0.2, -0.15) is 0 Å². The first kappa shape index (κ1) is 20.4. The number of rotatable bonds is 6. The first-order valence-electron chi connectivity index (χ1n) is 9.43. The Labute approximate surface area is 166 Å². The van der Waals surface area contributed by atoms with Gasteiger partial charge in [-0.1, -0.05) is 13.0 Å². The number of carbonyl (C=O) groups is 4. The summed E-state index contributed by atoms with van der Waals surface area (Å²) in [7, 11) is 0. The Morgan fingerprint density at radius 3 is 2.69 bits per heavy atom. The summed E-state index contributed by atoms with van der Waals surface area (Å²) in [6.45, 7) is 1.41. The number of fused-ring (bicyclic) bond motifs is 1. The Hall–Kier alpha value is -3.30. The van der Waals surface area contributed by atoms with Crippen LogP contribution in [-0.2, 0) is 14.3 Å². The molecule has 0 aromatic heterocycles. The lowest BCUT2D eigenvalue weighted by Gasteiger charge is -2.35. The van der Waals surface area contributed by atoms with Crippen molar-refractivity contribution in [1.82, 2.24) is 9.80 Å². The summed E-state index contributed by atoms with van der Waals surface area (Å²) in [4.78, 5) is 62.0. The molecule has 1 unspecified atom stereocenters. The molecule has 0 aliphatic carbocycles. The van der Waals surface area contributed by atoms with Crippen LogP contribution in [0, 0.1) is 10.1 Å². The fourth-order valence-corrected chi connectivity index (χ4v) is 3.76. The van der Waals surface area contributed by atoms with E-state index < -0.39 is 41.5 Å². The lowest BCUT2D eigenvalue weighted by Crippen LogP contribution is -2.45. The van der Waals surface area contributed by atoms with E-state index in [1.807, 2.05) is 6.92 Å². The fourth-order valence-electron chi connectivity index (χ4n) is 3.76. The summed E-state index contributed by atoms with van der Waals surface area (Å²) >= 11 is 0. The predicted molar refractivity (Wildman–Crippen MR) is 99.1 cm³/mol. The second kappa shape index (κ2) is 8.38. The van der Waals surface area contributed by atoms with E-state index in [1.165, 1.54) is 12.1 Å². The van der Waals surface area contributed by atoms with E-state index in [4.69, 9.17) is 4.74 Å². The number of benzene rings is 1. The van der Waals surface area contributed by atoms with Crippen LogP contribution in [0.3, 0.4) is 0 Å². The van der Waals surface area contributed by atoms with Gasteiger partial charge in [0.05, 0.1) is 10.5 Å². The third-order valence-corrected chi connectivity index (χ3v) is 5.24. The molecule has 0 spiro atoms. The van der Waals surface area contributed by atoms with Gasteiger partial charge in [0.2, 0.25) is 0 Å². The number of amides is 3. The van der Waals surface area contributed by atoms with Gasteiger partial charge < -0.3 is 9.64 Å². The van der Waals surface area contributed by atoms with Crippen LogP contribution in [0.5, 0.6) is 0 Å². The number of nitrogens with zero attached hydrogens (tertiary/aromatic N) is 3. The van der Waals surface area contributed by atoms with Crippen molar-refractivity contribution in [2.75, 3.05) is 19.7 Å². The maximum atomic E-state index is 12.5. The van der Waals surface area contributed by atoms with Crippen LogP contribution >= 0.6 is 0 Å². The maximum Gasteiger partial charge on any atom is 0.326 e. The van der Waals surface area contributed by atoms with Crippen molar-refractivity contribution in [2.24, 2.45) is 0 Å². The zero-order chi connectivity index (χ0) is 21.1. The van der Waals surface area contributed by atoms with Gasteiger partial charge in [-0.25, -0.2) is 0 Å². The Balaban J connectivity index is 1.62. The van der Waals surface area contributed by atoms with Crippen LogP contribution in [0.4, 0.5) is 5.69 Å². The van der Waals surface area contributed by atoms with Gasteiger partial charge in [-0.3, -0.25) is 34.2 Å². The number of nitro benzene ring substituents is 1. The van der Waals surface area contributed by atoms with E-state index >= 15 is 0 Å². The monoisotopic (exact) mass is 403 g/mol. The number of carbonyl (C=O) groups excluding carboxylic acids is 4. The summed E-state index contributed by atoms with van der Waals surface area (Å²) in [6, 6.07) is 3.82. The van der Waals surface area contributed by atoms with E-state index in [-0.39, 0.29) is 23.1 Å². The SMILES string of the molecule is CCC1CCCCN1C(=O)COC(=O)CN1C(=O)c2cccc([N+](=O)[O-])c2C1=O. The summed E-state index contributed by atoms with van der Waals surface area (Å²) < 4.78 is 4.97. The fraction of sp³-hybridized carbons (Fsp3) is 0.474. The van der Waals surface area contributed by atoms with Crippen molar-refractivity contribution < 1.29 is 28.8 Å². The molecule has 0 bridgehead atoms. The third-order valence-electron chi connectivity index (χ3n) is 5.24. The van der Waals surface area contributed by atoms with E-state index in [9.17, 15) is 29.3 Å². The van der Waals surface area contributed by atoms with Crippen molar-refractivity contribution in [3.8, 4) is 0 Å². The average Bonchev–Trinajstić information content (AvgIpc) is 2.96. The number of imide groups is 1. The van der Waals surface area contributed by atoms with Crippen molar-refractivity contribution in [3.63, 3.8) is 0 Å². The molecule has 1 saturated heterocycles. The normalized spacial score (nSPS) is 18.6. The lowest BCUT2D eigenvalue weighted by atomic mass is 10.00. The zero-order valence-electron chi connectivity index (χ0n) is 16.0. The summed E-state index contributed by atoms with van der Waals surface area (Å²) in [5.41, 5.74) is -0.972. The molecule has 0 saturated carbocycles. The Bertz CT molecular complexity index is 883. The molecule has 10 heteroatoms. The van der Waals surface area contributed by atoms with E-state index in [0.717, 1.165) is 31.7 Å². The molecule has 2 aliphatic heterocycles. The first-order valence-corrected chi connectivity index (χ1v) is 9.43. The van der Waals surface area contributed by atoms with E-state index in [2.05, 4.69) is 0 Å². The zero-order valence-corrected chi connectivity index (χ0v) is 16.0. The number of likely N-dealkylation sites (tertiary alicyclic amines) is 1. The van der Waals surface area contributed by atoms with Crippen LogP contribution in [0.15, 0.2) is 18.2 Å². The second-order valence-corrected chi connectivity index (χ2v) is 6.96. The van der Waals surface area contributed by atoms with Crippen LogP contribution in [0.25, 0.3) is 0 Å². The Morgan fingerprint density at radius 2 is 2.00 bits per heavy atom. The standard InChI is InChI=1S/C19H21N3O7/c1-2-12-6-3-4-9-20(12)15(23)11-29-16(24)10-21-18(25)13-7-5-8-14(22(27)28)17(13)19(21)26/h5,7-8,12H,2-4,6,9-11H2,1H3. The highest BCUT2D eigenvalue weighted by atomic mass is 16.6. The molecule has 10 nitrogen and oxygen atoms in total. The molecule has 0 radical (unpaired) electrons. The number of nitro groups is 1. The topological polar surface area (TPSA) is 127 Å². The molecular formula is C19H21N3O7.